The molecule has 0 radical (unpaired) electrons. The van der Waals surface area contributed by atoms with E-state index < -0.39 is 29.0 Å². The first-order valence-electron chi connectivity index (χ1n) is 17.0. The summed E-state index contributed by atoms with van der Waals surface area (Å²) in [5.74, 6) is -1.37. The van der Waals surface area contributed by atoms with Crippen molar-refractivity contribution in [3.05, 3.63) is 119 Å². The Balaban J connectivity index is 0.000000191. The molecule has 0 saturated carbocycles. The maximum Gasteiger partial charge on any atom is 0.341 e. The highest BCUT2D eigenvalue weighted by Crippen LogP contribution is 2.40. The van der Waals surface area contributed by atoms with Crippen LogP contribution in [0.1, 0.15) is 30.9 Å². The van der Waals surface area contributed by atoms with E-state index in [4.69, 9.17) is 30.5 Å². The number of benzene rings is 3. The fourth-order valence-corrected chi connectivity index (χ4v) is 6.10. The Kier molecular flexibility index (Phi) is 12.3. The summed E-state index contributed by atoms with van der Waals surface area (Å²) in [6.45, 7) is 3.50. The second-order valence-electron chi connectivity index (χ2n) is 12.2. The molecule has 17 heteroatoms. The third-order valence-electron chi connectivity index (χ3n) is 8.57. The van der Waals surface area contributed by atoms with Gasteiger partial charge in [-0.3, -0.25) is 0 Å². The Morgan fingerprint density at radius 2 is 1.54 bits per heavy atom. The van der Waals surface area contributed by atoms with Gasteiger partial charge in [0.1, 0.15) is 64.2 Å². The van der Waals surface area contributed by atoms with Gasteiger partial charge < -0.3 is 23.8 Å². The van der Waals surface area contributed by atoms with Gasteiger partial charge in [-0.25, -0.2) is 27.9 Å². The molecule has 0 aliphatic carbocycles. The molecule has 1 fully saturated rings. The largest absolute Gasteiger partial charge is 0.503 e. The highest BCUT2D eigenvalue weighted by molar-refractivity contribution is 6.33. The van der Waals surface area contributed by atoms with Crippen molar-refractivity contribution in [1.82, 2.24) is 29.5 Å². The quantitative estimate of drug-likeness (QED) is 0.0602. The molecule has 1 saturated heterocycles. The number of esters is 1. The van der Waals surface area contributed by atoms with Gasteiger partial charge in [0.15, 0.2) is 0 Å². The summed E-state index contributed by atoms with van der Waals surface area (Å²) in [5.41, 5.74) is 0.645. The third-order valence-corrected chi connectivity index (χ3v) is 8.84. The van der Waals surface area contributed by atoms with E-state index >= 15 is 0 Å². The van der Waals surface area contributed by atoms with Crippen LogP contribution in [0.5, 0.6) is 23.3 Å². The highest BCUT2D eigenvalue weighted by Gasteiger charge is 2.29. The summed E-state index contributed by atoms with van der Waals surface area (Å²) in [6.07, 6.45) is 5.69. The molecule has 56 heavy (non-hydrogen) atoms. The molecule has 0 unspecified atom stereocenters. The van der Waals surface area contributed by atoms with Crippen molar-refractivity contribution < 1.29 is 36.9 Å². The van der Waals surface area contributed by atoms with Crippen molar-refractivity contribution in [2.24, 2.45) is 5.92 Å². The lowest BCUT2D eigenvalue weighted by atomic mass is 9.98. The van der Waals surface area contributed by atoms with Crippen LogP contribution in [0.2, 0.25) is 5.15 Å². The topological polar surface area (TPSA) is 150 Å². The molecular formula is C39H32ClF3N8O5. The Morgan fingerprint density at radius 1 is 0.893 bits per heavy atom. The number of hydrogen-bond donors (Lipinski definition) is 0. The highest BCUT2D eigenvalue weighted by atomic mass is 35.5. The third kappa shape index (κ3) is 8.63. The maximum absolute atomic E-state index is 14.5. The number of fused-ring (bicyclic) bond motifs is 1. The number of ether oxygens (including phenoxy) is 4. The SMILES string of the molecule is CC1CCN(c2c(-c3c(F)cc(F)cc3F)c(Cl)nc3ncnn23)CC1.CO/C=C(/C(=O)OC)c1ccccc1Oc1cc(Oc2ccccc2C#N)ncn1. The average Bonchev–Trinajstić information content (AvgIpc) is 3.66. The van der Waals surface area contributed by atoms with Crippen LogP contribution in [-0.4, -0.2) is 62.8 Å². The Hall–Kier alpha value is -6.73. The van der Waals surface area contributed by atoms with Crippen molar-refractivity contribution in [1.29, 1.82) is 5.26 Å². The molecule has 1 aliphatic heterocycles. The van der Waals surface area contributed by atoms with Crippen molar-refractivity contribution in [2.45, 2.75) is 19.8 Å². The van der Waals surface area contributed by atoms with E-state index in [-0.39, 0.29) is 33.8 Å². The molecule has 13 nitrogen and oxygen atoms in total. The lowest BCUT2D eigenvalue weighted by molar-refractivity contribution is -0.133. The molecule has 0 spiro atoms. The zero-order valence-electron chi connectivity index (χ0n) is 30.1. The van der Waals surface area contributed by atoms with Gasteiger partial charge in [-0.1, -0.05) is 48.9 Å². The van der Waals surface area contributed by atoms with Crippen LogP contribution in [0.15, 0.2) is 85.6 Å². The van der Waals surface area contributed by atoms with E-state index in [1.807, 2.05) is 4.90 Å². The molecule has 3 aromatic carbocycles. The second-order valence-corrected chi connectivity index (χ2v) is 12.6. The first kappa shape index (κ1) is 39.0. The minimum absolute atomic E-state index is 0.0502. The number of nitrogens with zero attached hydrogens (tertiary/aromatic N) is 8. The van der Waals surface area contributed by atoms with Crippen molar-refractivity contribution in [3.63, 3.8) is 0 Å². The Morgan fingerprint density at radius 3 is 2.20 bits per heavy atom. The molecule has 0 bridgehead atoms. The van der Waals surface area contributed by atoms with Crippen LogP contribution in [0.3, 0.4) is 0 Å². The van der Waals surface area contributed by atoms with E-state index in [0.29, 0.717) is 59.6 Å². The standard InChI is InChI=1S/C22H17N3O5.C17H15ClF3N5/c1-27-13-17(22(26)28-2)16-8-4-6-10-19(16)30-21-11-20(24-14-25-21)29-18-9-5-3-7-15(18)12-23;1-9-2-4-25(5-3-9)16-14(13-11(20)6-10(19)7-12(13)21)15(18)24-17-22-8-23-26(16)17/h3-11,13-14H,1-2H3;6-9H,2-5H2,1H3/b17-13+;. The summed E-state index contributed by atoms with van der Waals surface area (Å²) < 4.78 is 65.1. The molecule has 0 N–H and O–H groups in total. The van der Waals surface area contributed by atoms with E-state index in [9.17, 15) is 23.2 Å². The van der Waals surface area contributed by atoms with Crippen molar-refractivity contribution >= 4 is 34.7 Å². The van der Waals surface area contributed by atoms with Gasteiger partial charge in [0.25, 0.3) is 5.78 Å². The van der Waals surface area contributed by atoms with Gasteiger partial charge >= 0.3 is 5.97 Å². The van der Waals surface area contributed by atoms with Crippen molar-refractivity contribution in [3.8, 4) is 40.5 Å². The summed E-state index contributed by atoms with van der Waals surface area (Å²) in [5, 5.41) is 13.2. The number of hydrogen-bond acceptors (Lipinski definition) is 12. The minimum Gasteiger partial charge on any atom is -0.503 e. The predicted molar refractivity (Wildman–Crippen MR) is 198 cm³/mol. The monoisotopic (exact) mass is 784 g/mol. The molecule has 286 valence electrons. The first-order valence-corrected chi connectivity index (χ1v) is 17.4. The lowest BCUT2D eigenvalue weighted by Gasteiger charge is -2.33. The Labute approximate surface area is 323 Å². The summed E-state index contributed by atoms with van der Waals surface area (Å²) >= 11 is 6.29. The smallest absolute Gasteiger partial charge is 0.341 e. The average molecular weight is 785 g/mol. The van der Waals surface area contributed by atoms with Gasteiger partial charge in [-0.2, -0.15) is 24.8 Å². The normalized spacial score (nSPS) is 13.0. The number of anilines is 1. The van der Waals surface area contributed by atoms with Crippen LogP contribution in [0, 0.1) is 34.7 Å². The molecule has 0 atom stereocenters. The van der Waals surface area contributed by atoms with E-state index in [0.717, 1.165) is 12.8 Å². The predicted octanol–water partition coefficient (Wildman–Crippen LogP) is 8.19. The molecule has 4 heterocycles. The summed E-state index contributed by atoms with van der Waals surface area (Å²) in [6, 6.07) is 18.5. The molecule has 6 aromatic rings. The van der Waals surface area contributed by atoms with Gasteiger partial charge in [0, 0.05) is 30.8 Å². The van der Waals surface area contributed by atoms with Crippen molar-refractivity contribution in [2.75, 3.05) is 32.2 Å². The zero-order chi connectivity index (χ0) is 39.8. The Bertz CT molecular complexity index is 2430. The van der Waals surface area contributed by atoms with Gasteiger partial charge in [-0.15, -0.1) is 0 Å². The summed E-state index contributed by atoms with van der Waals surface area (Å²) in [4.78, 5) is 30.3. The number of carbonyl (C=O) groups excluding carboxylic acids is 1. The van der Waals surface area contributed by atoms with Gasteiger partial charge in [0.05, 0.1) is 43.2 Å². The molecule has 0 amide bonds. The number of methoxy groups -OCH3 is 2. The number of piperidine rings is 1. The van der Waals surface area contributed by atoms with Crippen LogP contribution in [0.25, 0.3) is 22.5 Å². The van der Waals surface area contributed by atoms with E-state index in [1.165, 1.54) is 43.7 Å². The number of halogens is 4. The second kappa shape index (κ2) is 17.6. The van der Waals surface area contributed by atoms with Crippen LogP contribution >= 0.6 is 11.6 Å². The molecule has 1 aliphatic rings. The molecular weight excluding hydrogens is 753 g/mol. The molecule has 3 aromatic heterocycles. The fraction of sp³-hybridized carbons (Fsp3) is 0.205. The number of rotatable bonds is 9. The number of carbonyl (C=O) groups is 1. The number of nitriles is 1. The van der Waals surface area contributed by atoms with Gasteiger partial charge in [0.2, 0.25) is 11.8 Å². The van der Waals surface area contributed by atoms with Crippen LogP contribution in [0.4, 0.5) is 19.0 Å². The van der Waals surface area contributed by atoms with Gasteiger partial charge in [-0.05, 0) is 37.0 Å². The van der Waals surface area contributed by atoms with Crippen LogP contribution in [-0.2, 0) is 14.3 Å². The maximum atomic E-state index is 14.5. The molecule has 7 rings (SSSR count). The van der Waals surface area contributed by atoms with E-state index in [1.54, 1.807) is 48.5 Å². The lowest BCUT2D eigenvalue weighted by Crippen LogP contribution is -2.35. The van der Waals surface area contributed by atoms with Crippen LogP contribution < -0.4 is 14.4 Å². The minimum atomic E-state index is -1.04. The first-order chi connectivity index (χ1) is 27.1. The number of aromatic nitrogens is 6. The number of para-hydroxylation sites is 2. The zero-order valence-corrected chi connectivity index (χ0v) is 30.9. The van der Waals surface area contributed by atoms with E-state index in [2.05, 4.69) is 38.0 Å². The fourth-order valence-electron chi connectivity index (χ4n) is 5.85. The summed E-state index contributed by atoms with van der Waals surface area (Å²) in [7, 11) is 2.71.